The number of anilines is 3. The summed E-state index contributed by atoms with van der Waals surface area (Å²) in [4.78, 5) is 2.26. The first-order chi connectivity index (χ1) is 23.8. The summed E-state index contributed by atoms with van der Waals surface area (Å²) >= 11 is 0. The van der Waals surface area contributed by atoms with Gasteiger partial charge in [-0.05, 0) is 71.4 Å². The van der Waals surface area contributed by atoms with Gasteiger partial charge in [0, 0.05) is 72.3 Å². The van der Waals surface area contributed by atoms with E-state index in [2.05, 4.69) is 138 Å². The number of fused-ring (bicyclic) bond motifs is 14. The van der Waals surface area contributed by atoms with Gasteiger partial charge in [0.05, 0.1) is 0 Å². The van der Waals surface area contributed by atoms with Crippen molar-refractivity contribution in [3.05, 3.63) is 152 Å². The van der Waals surface area contributed by atoms with Crippen molar-refractivity contribution in [2.75, 3.05) is 4.90 Å². The Hall–Kier alpha value is -6.52. The quantitative estimate of drug-likeness (QED) is 0.198. The maximum Gasteiger partial charge on any atom is 0.143 e. The summed E-state index contributed by atoms with van der Waals surface area (Å²) in [5.41, 5.74) is 8.24. The zero-order chi connectivity index (χ0) is 31.3. The molecule has 8 aromatic carbocycles. The predicted octanol–water partition coefficient (Wildman–Crippen LogP) is 13.2. The molecule has 0 N–H and O–H groups in total. The van der Waals surface area contributed by atoms with Crippen LogP contribution in [-0.4, -0.2) is 0 Å². The zero-order valence-electron chi connectivity index (χ0n) is 25.6. The van der Waals surface area contributed by atoms with Crippen LogP contribution in [0, 0.1) is 0 Å². The van der Waals surface area contributed by atoms with Gasteiger partial charge in [-0.1, -0.05) is 78.9 Å². The van der Waals surface area contributed by atoms with Crippen molar-refractivity contribution in [3.63, 3.8) is 0 Å². The molecule has 0 bridgehead atoms. The van der Waals surface area contributed by atoms with Crippen LogP contribution < -0.4 is 4.90 Å². The highest BCUT2D eigenvalue weighted by atomic mass is 16.3. The van der Waals surface area contributed by atoms with Gasteiger partial charge in [-0.25, -0.2) is 0 Å². The number of rotatable bonds is 3. The van der Waals surface area contributed by atoms with Crippen LogP contribution in [-0.2, 0) is 0 Å². The molecule has 0 spiro atoms. The molecule has 0 atom stereocenters. The minimum Gasteiger partial charge on any atom is -0.456 e. The summed E-state index contributed by atoms with van der Waals surface area (Å²) in [5.74, 6) is 0. The molecule has 0 aliphatic heterocycles. The summed E-state index contributed by atoms with van der Waals surface area (Å²) in [7, 11) is 0. The molecular weight excluding hydrogens is 590 g/mol. The van der Waals surface area contributed by atoms with Gasteiger partial charge in [0.2, 0.25) is 0 Å². The molecule has 0 aliphatic carbocycles. The van der Waals surface area contributed by atoms with Crippen molar-refractivity contribution >= 4 is 104 Å². The molecule has 0 fully saturated rings. The summed E-state index contributed by atoms with van der Waals surface area (Å²) in [5, 5.41) is 11.1. The largest absolute Gasteiger partial charge is 0.456 e. The van der Waals surface area contributed by atoms with E-state index in [9.17, 15) is 0 Å². The molecule has 0 amide bonds. The van der Waals surface area contributed by atoms with Crippen molar-refractivity contribution in [2.45, 2.75) is 0 Å². The molecule has 0 radical (unpaired) electrons. The molecule has 4 heteroatoms. The fourth-order valence-electron chi connectivity index (χ4n) is 7.65. The van der Waals surface area contributed by atoms with E-state index in [-0.39, 0.29) is 0 Å². The molecule has 0 aliphatic rings. The predicted molar refractivity (Wildman–Crippen MR) is 198 cm³/mol. The summed E-state index contributed by atoms with van der Waals surface area (Å²) in [6.45, 7) is 0. The smallest absolute Gasteiger partial charge is 0.143 e. The van der Waals surface area contributed by atoms with Crippen LogP contribution in [0.5, 0.6) is 0 Å². The molecule has 3 aromatic heterocycles. The molecule has 4 nitrogen and oxygen atoms in total. The number of para-hydroxylation sites is 1. The lowest BCUT2D eigenvalue weighted by Gasteiger charge is -2.25. The normalized spacial score (nSPS) is 12.2. The molecule has 0 saturated heterocycles. The monoisotopic (exact) mass is 615 g/mol. The van der Waals surface area contributed by atoms with Crippen LogP contribution in [0.15, 0.2) is 165 Å². The van der Waals surface area contributed by atoms with E-state index >= 15 is 0 Å². The second-order valence-electron chi connectivity index (χ2n) is 12.5. The Morgan fingerprint density at radius 1 is 0.312 bits per heavy atom. The standard InChI is InChI=1S/C44H25NO3/c1-2-10-28(11-3-1)45(29-16-20-33-34-18-14-26-8-4-6-12-31(26)43(34)48-39(33)24-29)30-17-21-35-40(25-30)46-37-22-23-38-42(41(35)37)36-19-15-27-9-5-7-13-32(27)44(36)47-38/h1-25H. The fraction of sp³-hybridized carbons (Fsp3) is 0. The molecule has 0 saturated carbocycles. The van der Waals surface area contributed by atoms with Crippen LogP contribution in [0.3, 0.4) is 0 Å². The fourth-order valence-corrected chi connectivity index (χ4v) is 7.65. The van der Waals surface area contributed by atoms with Gasteiger partial charge in [-0.3, -0.25) is 0 Å². The average molecular weight is 616 g/mol. The molecule has 11 aromatic rings. The van der Waals surface area contributed by atoms with Crippen LogP contribution in [0.2, 0.25) is 0 Å². The molecule has 11 rings (SSSR count). The van der Waals surface area contributed by atoms with Gasteiger partial charge in [-0.2, -0.15) is 0 Å². The first kappa shape index (κ1) is 25.6. The average Bonchev–Trinajstić information content (AvgIpc) is 3.83. The highest BCUT2D eigenvalue weighted by Gasteiger charge is 2.21. The minimum atomic E-state index is 0.822. The Balaban J connectivity index is 1.12. The Morgan fingerprint density at radius 3 is 1.56 bits per heavy atom. The Bertz CT molecular complexity index is 3070. The molecule has 224 valence electrons. The van der Waals surface area contributed by atoms with Crippen LogP contribution >= 0.6 is 0 Å². The summed E-state index contributed by atoms with van der Waals surface area (Å²) in [6, 6.07) is 52.9. The van der Waals surface area contributed by atoms with Crippen LogP contribution in [0.25, 0.3) is 87.4 Å². The highest BCUT2D eigenvalue weighted by Crippen LogP contribution is 2.45. The lowest BCUT2D eigenvalue weighted by atomic mass is 10.0. The summed E-state index contributed by atoms with van der Waals surface area (Å²) in [6.07, 6.45) is 0. The Labute approximate surface area is 273 Å². The second-order valence-corrected chi connectivity index (χ2v) is 12.5. The van der Waals surface area contributed by atoms with E-state index < -0.39 is 0 Å². The van der Waals surface area contributed by atoms with Crippen LogP contribution in [0.1, 0.15) is 0 Å². The molecule has 3 heterocycles. The first-order valence-corrected chi connectivity index (χ1v) is 16.2. The molecule has 0 unspecified atom stereocenters. The third-order valence-electron chi connectivity index (χ3n) is 9.82. The first-order valence-electron chi connectivity index (χ1n) is 16.2. The van der Waals surface area contributed by atoms with E-state index in [1.807, 2.05) is 18.2 Å². The molecule has 48 heavy (non-hydrogen) atoms. The van der Waals surface area contributed by atoms with E-state index in [4.69, 9.17) is 13.3 Å². The second kappa shape index (κ2) is 9.50. The number of furan rings is 3. The third kappa shape index (κ3) is 3.54. The SMILES string of the molecule is c1ccc(N(c2ccc3c(c2)oc2c4ccccc4ccc32)c2ccc3c(c2)oc2ccc4oc5c6ccccc6ccc5c4c23)cc1. The Morgan fingerprint density at radius 2 is 0.833 bits per heavy atom. The lowest BCUT2D eigenvalue weighted by Crippen LogP contribution is -2.09. The minimum absolute atomic E-state index is 0.822. The van der Waals surface area contributed by atoms with E-state index in [0.29, 0.717) is 0 Å². The number of benzene rings is 8. The van der Waals surface area contributed by atoms with Crippen molar-refractivity contribution in [1.82, 2.24) is 0 Å². The van der Waals surface area contributed by atoms with Gasteiger partial charge < -0.3 is 18.2 Å². The number of nitrogens with zero attached hydrogens (tertiary/aromatic N) is 1. The topological polar surface area (TPSA) is 42.7 Å². The van der Waals surface area contributed by atoms with Crippen molar-refractivity contribution in [2.24, 2.45) is 0 Å². The van der Waals surface area contributed by atoms with Gasteiger partial charge >= 0.3 is 0 Å². The molecular formula is C44H25NO3. The lowest BCUT2D eigenvalue weighted by molar-refractivity contribution is 0.664. The summed E-state index contributed by atoms with van der Waals surface area (Å²) < 4.78 is 19.7. The van der Waals surface area contributed by atoms with Gasteiger partial charge in [0.25, 0.3) is 0 Å². The van der Waals surface area contributed by atoms with Gasteiger partial charge in [0.15, 0.2) is 0 Å². The zero-order valence-corrected chi connectivity index (χ0v) is 25.6. The Kier molecular flexibility index (Phi) is 5.08. The maximum absolute atomic E-state index is 6.59. The van der Waals surface area contributed by atoms with E-state index in [0.717, 1.165) is 99.0 Å². The van der Waals surface area contributed by atoms with Crippen LogP contribution in [0.4, 0.5) is 17.1 Å². The maximum atomic E-state index is 6.59. The van der Waals surface area contributed by atoms with Gasteiger partial charge in [-0.15, -0.1) is 0 Å². The van der Waals surface area contributed by atoms with E-state index in [1.165, 1.54) is 5.39 Å². The van der Waals surface area contributed by atoms with Crippen molar-refractivity contribution in [1.29, 1.82) is 0 Å². The van der Waals surface area contributed by atoms with Crippen molar-refractivity contribution < 1.29 is 13.3 Å². The number of hydrogen-bond donors (Lipinski definition) is 0. The van der Waals surface area contributed by atoms with E-state index in [1.54, 1.807) is 0 Å². The van der Waals surface area contributed by atoms with Crippen molar-refractivity contribution in [3.8, 4) is 0 Å². The number of hydrogen-bond acceptors (Lipinski definition) is 4. The highest BCUT2D eigenvalue weighted by molar-refractivity contribution is 6.28. The third-order valence-corrected chi connectivity index (χ3v) is 9.82. The van der Waals surface area contributed by atoms with Gasteiger partial charge in [0.1, 0.15) is 33.5 Å².